The lowest BCUT2D eigenvalue weighted by molar-refractivity contribution is 0.175. The van der Waals surface area contributed by atoms with E-state index in [1.54, 1.807) is 13.3 Å². The Hall–Kier alpha value is -3.09. The van der Waals surface area contributed by atoms with Crippen molar-refractivity contribution in [1.29, 1.82) is 0 Å². The number of aromatic amines is 1. The van der Waals surface area contributed by atoms with Gasteiger partial charge in [-0.2, -0.15) is 0 Å². The molecule has 1 N–H and O–H groups in total. The lowest BCUT2D eigenvalue weighted by Gasteiger charge is -2.19. The van der Waals surface area contributed by atoms with Crippen LogP contribution >= 0.6 is 0 Å². The highest BCUT2D eigenvalue weighted by Gasteiger charge is 2.21. The van der Waals surface area contributed by atoms with Crippen molar-refractivity contribution >= 4 is 23.3 Å². The molecule has 1 aliphatic heterocycles. The number of hydrogen-bond acceptors (Lipinski definition) is 6. The van der Waals surface area contributed by atoms with Crippen molar-refractivity contribution < 1.29 is 14.2 Å². The van der Waals surface area contributed by atoms with Crippen LogP contribution in [-0.4, -0.2) is 42.0 Å². The average Bonchev–Trinajstić information content (AvgIpc) is 3.08. The van der Waals surface area contributed by atoms with Crippen LogP contribution in [0.3, 0.4) is 0 Å². The third-order valence-corrected chi connectivity index (χ3v) is 4.54. The molecule has 0 saturated carbocycles. The number of aryl methyl sites for hydroxylation is 1. The summed E-state index contributed by atoms with van der Waals surface area (Å²) < 4.78 is 17.6. The van der Waals surface area contributed by atoms with Gasteiger partial charge < -0.3 is 19.2 Å². The molecule has 0 radical (unpaired) electrons. The Morgan fingerprint density at radius 3 is 2.83 bits per heavy atom. The lowest BCUT2D eigenvalue weighted by Crippen LogP contribution is -2.23. The summed E-state index contributed by atoms with van der Waals surface area (Å²) >= 11 is 0. The van der Waals surface area contributed by atoms with E-state index in [4.69, 9.17) is 14.2 Å². The Bertz CT molecular complexity index is 985. The van der Waals surface area contributed by atoms with Gasteiger partial charge in [-0.3, -0.25) is 4.99 Å². The van der Waals surface area contributed by atoms with Gasteiger partial charge in [-0.15, -0.1) is 0 Å². The summed E-state index contributed by atoms with van der Waals surface area (Å²) in [5.74, 6) is 2.55. The van der Waals surface area contributed by atoms with Gasteiger partial charge in [0.2, 0.25) is 5.90 Å². The highest BCUT2D eigenvalue weighted by Crippen LogP contribution is 2.24. The van der Waals surface area contributed by atoms with Crippen LogP contribution in [-0.2, 0) is 9.47 Å². The lowest BCUT2D eigenvalue weighted by atomic mass is 10.1. The minimum absolute atomic E-state index is 0.122. The molecule has 1 unspecified atom stereocenters. The molecule has 2 aromatic rings. The van der Waals surface area contributed by atoms with Crippen molar-refractivity contribution in [1.82, 2.24) is 9.97 Å². The molecule has 0 amide bonds. The van der Waals surface area contributed by atoms with Gasteiger partial charge in [0.1, 0.15) is 23.5 Å². The zero-order chi connectivity index (χ0) is 20.8. The predicted octanol–water partition coefficient (Wildman–Crippen LogP) is 4.70. The number of H-pyrrole nitrogens is 1. The van der Waals surface area contributed by atoms with Crippen molar-refractivity contribution in [3.8, 4) is 5.75 Å². The quantitative estimate of drug-likeness (QED) is 0.688. The first-order valence-corrected chi connectivity index (χ1v) is 9.90. The van der Waals surface area contributed by atoms with Gasteiger partial charge in [-0.05, 0) is 38.5 Å². The Morgan fingerprint density at radius 1 is 1.28 bits per heavy atom. The number of allylic oxidation sites excluding steroid dienone is 2. The fourth-order valence-electron chi connectivity index (χ4n) is 3.05. The van der Waals surface area contributed by atoms with Crippen LogP contribution in [0.4, 0.5) is 0 Å². The van der Waals surface area contributed by atoms with E-state index >= 15 is 0 Å². The predicted molar refractivity (Wildman–Crippen MR) is 115 cm³/mol. The number of nitrogens with one attached hydrogen (secondary N) is 1. The number of pyridine rings is 1. The van der Waals surface area contributed by atoms with Crippen LogP contribution in [0.1, 0.15) is 39.3 Å². The summed E-state index contributed by atoms with van der Waals surface area (Å²) in [5, 5.41) is 0.988. The van der Waals surface area contributed by atoms with E-state index in [1.807, 2.05) is 39.0 Å². The molecule has 0 saturated heterocycles. The largest absolute Gasteiger partial charge is 0.494 e. The number of ether oxygens (including phenoxy) is 3. The molecule has 0 bridgehead atoms. The first-order valence-electron chi connectivity index (χ1n) is 9.90. The molecule has 1 aliphatic rings. The Morgan fingerprint density at radius 2 is 2.10 bits per heavy atom. The van der Waals surface area contributed by atoms with Crippen LogP contribution < -0.4 is 4.74 Å². The number of hydrogen-bond donors (Lipinski definition) is 1. The molecule has 1 atom stereocenters. The molecule has 0 spiro atoms. The summed E-state index contributed by atoms with van der Waals surface area (Å²) in [6.45, 7) is 8.74. The summed E-state index contributed by atoms with van der Waals surface area (Å²) in [6, 6.07) is 3.85. The van der Waals surface area contributed by atoms with E-state index < -0.39 is 0 Å². The van der Waals surface area contributed by atoms with E-state index in [0.717, 1.165) is 40.9 Å². The highest BCUT2D eigenvalue weighted by atomic mass is 16.5. The number of methoxy groups -OCH3 is 1. The van der Waals surface area contributed by atoms with E-state index in [0.29, 0.717) is 24.0 Å². The number of rotatable bonds is 7. The van der Waals surface area contributed by atoms with Gasteiger partial charge in [0, 0.05) is 23.1 Å². The topological polar surface area (TPSA) is 81.1 Å². The molecular formula is C22H28N4O3. The molecule has 0 aliphatic carbocycles. The van der Waals surface area contributed by atoms with Gasteiger partial charge in [0.05, 0.1) is 26.0 Å². The van der Waals surface area contributed by atoms with Crippen molar-refractivity contribution in [3.63, 3.8) is 0 Å². The summed E-state index contributed by atoms with van der Waals surface area (Å²) in [6.07, 6.45) is 6.77. The van der Waals surface area contributed by atoms with Gasteiger partial charge in [0.15, 0.2) is 5.76 Å². The van der Waals surface area contributed by atoms with E-state index in [-0.39, 0.29) is 6.04 Å². The van der Waals surface area contributed by atoms with Gasteiger partial charge in [0.25, 0.3) is 0 Å². The third-order valence-electron chi connectivity index (χ3n) is 4.54. The highest BCUT2D eigenvalue weighted by molar-refractivity contribution is 6.02. The maximum absolute atomic E-state index is 6.09. The minimum Gasteiger partial charge on any atom is -0.494 e. The maximum atomic E-state index is 6.09. The second-order valence-electron chi connectivity index (χ2n) is 6.83. The smallest absolute Gasteiger partial charge is 0.226 e. The Labute approximate surface area is 171 Å². The van der Waals surface area contributed by atoms with Gasteiger partial charge in [-0.25, -0.2) is 9.98 Å². The molecule has 7 heteroatoms. The van der Waals surface area contributed by atoms with Crippen molar-refractivity contribution in [2.45, 2.75) is 46.6 Å². The van der Waals surface area contributed by atoms with Gasteiger partial charge in [-0.1, -0.05) is 13.8 Å². The van der Waals surface area contributed by atoms with Crippen LogP contribution in [0.5, 0.6) is 5.75 Å². The maximum Gasteiger partial charge on any atom is 0.226 e. The summed E-state index contributed by atoms with van der Waals surface area (Å²) in [7, 11) is 1.64. The molecule has 2 aromatic heterocycles. The van der Waals surface area contributed by atoms with E-state index in [9.17, 15) is 0 Å². The number of fused-ring (bicyclic) bond motifs is 1. The normalized spacial score (nSPS) is 18.6. The zero-order valence-corrected chi connectivity index (χ0v) is 17.7. The Kier molecular flexibility index (Phi) is 6.69. The van der Waals surface area contributed by atoms with Gasteiger partial charge >= 0.3 is 0 Å². The third kappa shape index (κ3) is 4.85. The van der Waals surface area contributed by atoms with Crippen LogP contribution in [0.25, 0.3) is 11.0 Å². The van der Waals surface area contributed by atoms with Crippen molar-refractivity contribution in [2.75, 3.05) is 13.7 Å². The minimum atomic E-state index is -0.122. The fraction of sp³-hybridized carbons (Fsp3) is 0.409. The van der Waals surface area contributed by atoms with Crippen molar-refractivity contribution in [2.24, 2.45) is 9.98 Å². The SMILES string of the molecule is CCCO/C(CC)=C(/C=C1/C(Oc2cnc3[nH]c(C)cc3c2)=NC=NC1C)OC. The second-order valence-corrected chi connectivity index (χ2v) is 6.83. The Balaban J connectivity index is 1.93. The van der Waals surface area contributed by atoms with E-state index in [1.165, 1.54) is 6.34 Å². The average molecular weight is 396 g/mol. The summed E-state index contributed by atoms with van der Waals surface area (Å²) in [5.41, 5.74) is 2.70. The molecule has 0 fully saturated rings. The first kappa shape index (κ1) is 20.6. The standard InChI is InChI=1S/C22H28N4O3/c1-6-8-28-19(7-2)20(27-5)11-18-15(4)24-13-25-22(18)29-17-10-16-9-14(3)26-21(16)23-12-17/h9-13,15H,6-8H2,1-5H3,(H,23,26)/b18-11+,20-19-. The molecule has 154 valence electrons. The molecule has 7 nitrogen and oxygen atoms in total. The molecule has 29 heavy (non-hydrogen) atoms. The van der Waals surface area contributed by atoms with Crippen molar-refractivity contribution in [3.05, 3.63) is 47.2 Å². The van der Waals surface area contributed by atoms with Crippen LogP contribution in [0.2, 0.25) is 0 Å². The molecule has 3 heterocycles. The molecule has 3 rings (SSSR count). The number of aliphatic imine (C=N–C) groups is 2. The fourth-order valence-corrected chi connectivity index (χ4v) is 3.05. The summed E-state index contributed by atoms with van der Waals surface area (Å²) in [4.78, 5) is 16.4. The number of aromatic nitrogens is 2. The van der Waals surface area contributed by atoms with E-state index in [2.05, 4.69) is 26.9 Å². The second kappa shape index (κ2) is 9.41. The van der Waals surface area contributed by atoms with Crippen LogP contribution in [0, 0.1) is 6.92 Å². The van der Waals surface area contributed by atoms with Crippen LogP contribution in [0.15, 0.2) is 51.5 Å². The first-order chi connectivity index (χ1) is 14.0. The zero-order valence-electron chi connectivity index (χ0n) is 17.7. The number of nitrogens with zero attached hydrogens (tertiary/aromatic N) is 3. The molecular weight excluding hydrogens is 368 g/mol. The molecule has 0 aromatic carbocycles. The monoisotopic (exact) mass is 396 g/mol.